The van der Waals surface area contributed by atoms with Crippen molar-refractivity contribution in [3.8, 4) is 5.69 Å². The Labute approximate surface area is 167 Å². The first-order valence-electron chi connectivity index (χ1n) is 9.58. The highest BCUT2D eigenvalue weighted by Gasteiger charge is 2.24. The molecule has 0 aliphatic carbocycles. The third-order valence-electron chi connectivity index (χ3n) is 5.54. The molecule has 29 heavy (non-hydrogen) atoms. The van der Waals surface area contributed by atoms with E-state index >= 15 is 0 Å². The number of allylic oxidation sites excluding steroid dienone is 2. The fourth-order valence-electron chi connectivity index (χ4n) is 4.31. The van der Waals surface area contributed by atoms with Crippen molar-refractivity contribution in [1.29, 1.82) is 0 Å². The molecule has 0 saturated carbocycles. The third kappa shape index (κ3) is 2.00. The van der Waals surface area contributed by atoms with Crippen molar-refractivity contribution in [2.75, 3.05) is 0 Å². The van der Waals surface area contributed by atoms with Gasteiger partial charge in [0.15, 0.2) is 5.65 Å². The zero-order valence-corrected chi connectivity index (χ0v) is 15.8. The zero-order chi connectivity index (χ0) is 19.5. The average Bonchev–Trinajstić information content (AvgIpc) is 3.40. The Kier molecular flexibility index (Phi) is 3.15. The Morgan fingerprint density at radius 1 is 0.828 bits per heavy atom. The van der Waals surface area contributed by atoms with E-state index in [9.17, 15) is 0 Å². The zero-order valence-electron chi connectivity index (χ0n) is 15.8. The van der Waals surface area contributed by atoms with Gasteiger partial charge in [-0.3, -0.25) is 13.5 Å². The molecule has 6 rings (SSSR count). The molecular formula is C25H18N4. The minimum Gasteiger partial charge on any atom is -0.294 e. The Bertz CT molecular complexity index is 1580. The highest BCUT2D eigenvalue weighted by molar-refractivity contribution is 6.10. The molecule has 0 aliphatic heterocycles. The maximum Gasteiger partial charge on any atom is 0.221 e. The van der Waals surface area contributed by atoms with Gasteiger partial charge in [0.2, 0.25) is 5.78 Å². The van der Waals surface area contributed by atoms with Gasteiger partial charge in [-0.25, -0.2) is 4.98 Å². The molecule has 0 N–H and O–H groups in total. The van der Waals surface area contributed by atoms with Crippen molar-refractivity contribution in [1.82, 2.24) is 18.5 Å². The van der Waals surface area contributed by atoms with Crippen molar-refractivity contribution in [2.45, 2.75) is 0 Å². The van der Waals surface area contributed by atoms with Crippen LogP contribution in [0.1, 0.15) is 0 Å². The molecule has 0 bridgehead atoms. The van der Waals surface area contributed by atoms with E-state index in [1.54, 1.807) is 6.08 Å². The molecule has 0 unspecified atom stereocenters. The predicted molar refractivity (Wildman–Crippen MR) is 121 cm³/mol. The fraction of sp³-hybridized carbons (Fsp3) is 0. The van der Waals surface area contributed by atoms with E-state index in [1.807, 2.05) is 18.2 Å². The van der Waals surface area contributed by atoms with Gasteiger partial charge >= 0.3 is 0 Å². The van der Waals surface area contributed by atoms with Crippen LogP contribution in [-0.4, -0.2) is 18.5 Å². The monoisotopic (exact) mass is 374 g/mol. The normalized spacial score (nSPS) is 11.7. The lowest BCUT2D eigenvalue weighted by molar-refractivity contribution is 1.10. The average molecular weight is 374 g/mol. The van der Waals surface area contributed by atoms with Gasteiger partial charge in [0.05, 0.1) is 16.6 Å². The number of para-hydroxylation sites is 4. The van der Waals surface area contributed by atoms with Crippen LogP contribution >= 0.6 is 0 Å². The fourth-order valence-corrected chi connectivity index (χ4v) is 4.31. The number of imidazole rings is 2. The maximum atomic E-state index is 4.94. The standard InChI is InChI=1S/C25H18N4/c1-3-17(2)27-23-19-13-7-9-15-21(19)28(18-11-5-4-6-12-18)24(23)29-22-16-10-8-14-20(22)26-25(27)29/h3-16H,1-2H2. The largest absolute Gasteiger partial charge is 0.294 e. The molecule has 0 aliphatic rings. The van der Waals surface area contributed by atoms with Crippen LogP contribution in [0, 0.1) is 0 Å². The number of aromatic nitrogens is 4. The molecule has 0 amide bonds. The molecule has 4 nitrogen and oxygen atoms in total. The van der Waals surface area contributed by atoms with Crippen molar-refractivity contribution in [3.63, 3.8) is 0 Å². The number of nitrogens with zero attached hydrogens (tertiary/aromatic N) is 4. The SMILES string of the molecule is C=CC(=C)n1c2c3ccccc3n(-c3ccccc3)c2n2c3ccccc3nc12. The summed E-state index contributed by atoms with van der Waals surface area (Å²) in [5.74, 6) is 0.844. The predicted octanol–water partition coefficient (Wildman–Crippen LogP) is 6.04. The van der Waals surface area contributed by atoms with Crippen LogP contribution in [0.25, 0.3) is 50.3 Å². The van der Waals surface area contributed by atoms with Crippen LogP contribution in [0.2, 0.25) is 0 Å². The summed E-state index contributed by atoms with van der Waals surface area (Å²) in [5, 5.41) is 1.16. The summed E-state index contributed by atoms with van der Waals surface area (Å²) in [6.07, 6.45) is 1.79. The summed E-state index contributed by atoms with van der Waals surface area (Å²) in [5.41, 5.74) is 7.25. The second kappa shape index (κ2) is 5.72. The molecule has 0 atom stereocenters. The molecule has 3 aromatic carbocycles. The summed E-state index contributed by atoms with van der Waals surface area (Å²) >= 11 is 0. The molecule has 4 heteroatoms. The van der Waals surface area contributed by atoms with Crippen molar-refractivity contribution in [2.24, 2.45) is 0 Å². The lowest BCUT2D eigenvalue weighted by Gasteiger charge is -2.07. The van der Waals surface area contributed by atoms with Gasteiger partial charge in [0.1, 0.15) is 5.52 Å². The number of fused-ring (bicyclic) bond motifs is 7. The van der Waals surface area contributed by atoms with Gasteiger partial charge in [0, 0.05) is 16.8 Å². The first-order chi connectivity index (χ1) is 14.3. The van der Waals surface area contributed by atoms with Crippen LogP contribution in [0.15, 0.2) is 98.1 Å². The molecule has 6 aromatic rings. The molecule has 138 valence electrons. The van der Waals surface area contributed by atoms with E-state index in [0.29, 0.717) is 0 Å². The second-order valence-electron chi connectivity index (χ2n) is 7.13. The Hall–Kier alpha value is -4.05. The molecular weight excluding hydrogens is 356 g/mol. The molecule has 0 saturated heterocycles. The summed E-state index contributed by atoms with van der Waals surface area (Å²) in [6, 6.07) is 27.2. The molecule has 0 radical (unpaired) electrons. The number of hydrogen-bond donors (Lipinski definition) is 0. The van der Waals surface area contributed by atoms with E-state index in [4.69, 9.17) is 4.98 Å². The Morgan fingerprint density at radius 3 is 2.31 bits per heavy atom. The summed E-state index contributed by atoms with van der Waals surface area (Å²) in [6.45, 7) is 8.22. The van der Waals surface area contributed by atoms with E-state index in [1.165, 1.54) is 0 Å². The summed E-state index contributed by atoms with van der Waals surface area (Å²) in [7, 11) is 0. The van der Waals surface area contributed by atoms with Gasteiger partial charge in [-0.05, 0) is 36.4 Å². The Morgan fingerprint density at radius 2 is 1.52 bits per heavy atom. The summed E-state index contributed by atoms with van der Waals surface area (Å²) < 4.78 is 6.65. The van der Waals surface area contributed by atoms with E-state index < -0.39 is 0 Å². The van der Waals surface area contributed by atoms with Gasteiger partial charge in [-0.2, -0.15) is 0 Å². The van der Waals surface area contributed by atoms with E-state index in [0.717, 1.165) is 50.3 Å². The van der Waals surface area contributed by atoms with Crippen LogP contribution in [-0.2, 0) is 0 Å². The van der Waals surface area contributed by atoms with Crippen molar-refractivity contribution >= 4 is 44.6 Å². The number of benzene rings is 3. The first kappa shape index (κ1) is 16.0. The lowest BCUT2D eigenvalue weighted by atomic mass is 10.2. The van der Waals surface area contributed by atoms with Crippen LogP contribution < -0.4 is 0 Å². The van der Waals surface area contributed by atoms with Crippen LogP contribution in [0.5, 0.6) is 0 Å². The maximum absolute atomic E-state index is 4.94. The quantitative estimate of drug-likeness (QED) is 0.347. The molecule has 3 heterocycles. The van der Waals surface area contributed by atoms with Gasteiger partial charge in [-0.1, -0.05) is 61.7 Å². The van der Waals surface area contributed by atoms with E-state index in [2.05, 4.69) is 87.4 Å². The van der Waals surface area contributed by atoms with E-state index in [-0.39, 0.29) is 0 Å². The highest BCUT2D eigenvalue weighted by atomic mass is 15.3. The summed E-state index contributed by atoms with van der Waals surface area (Å²) in [4.78, 5) is 4.94. The second-order valence-corrected chi connectivity index (χ2v) is 7.13. The molecule has 0 fully saturated rings. The minimum atomic E-state index is 0.802. The Balaban J connectivity index is 1.98. The number of rotatable bonds is 3. The minimum absolute atomic E-state index is 0.802. The molecule has 3 aromatic heterocycles. The van der Waals surface area contributed by atoms with Crippen molar-refractivity contribution < 1.29 is 0 Å². The number of hydrogen-bond acceptors (Lipinski definition) is 1. The van der Waals surface area contributed by atoms with Gasteiger partial charge < -0.3 is 0 Å². The molecule has 0 spiro atoms. The first-order valence-corrected chi connectivity index (χ1v) is 9.58. The van der Waals surface area contributed by atoms with Gasteiger partial charge in [-0.15, -0.1) is 0 Å². The third-order valence-corrected chi connectivity index (χ3v) is 5.54. The highest BCUT2D eigenvalue weighted by Crippen LogP contribution is 2.37. The van der Waals surface area contributed by atoms with Crippen LogP contribution in [0.4, 0.5) is 0 Å². The van der Waals surface area contributed by atoms with Crippen LogP contribution in [0.3, 0.4) is 0 Å². The van der Waals surface area contributed by atoms with Crippen molar-refractivity contribution in [3.05, 3.63) is 98.1 Å². The smallest absolute Gasteiger partial charge is 0.221 e. The lowest BCUT2D eigenvalue weighted by Crippen LogP contribution is -1.97. The van der Waals surface area contributed by atoms with Gasteiger partial charge in [0.25, 0.3) is 0 Å². The topological polar surface area (TPSA) is 27.2 Å².